The molecule has 0 radical (unpaired) electrons. The van der Waals surface area contributed by atoms with Crippen LogP contribution in [0, 0.1) is 5.92 Å². The Hall–Kier alpha value is -2.24. The topological polar surface area (TPSA) is 107 Å². The van der Waals surface area contributed by atoms with E-state index < -0.39 is 17.9 Å². The van der Waals surface area contributed by atoms with Crippen molar-refractivity contribution in [2.24, 2.45) is 5.92 Å². The Kier molecular flexibility index (Phi) is 3.59. The lowest BCUT2D eigenvalue weighted by atomic mass is 10.1. The largest absolute Gasteiger partial charge is 0.508 e. The number of aromatic hydroxyl groups is 2. The molecule has 0 heterocycles. The number of hydrogen-bond acceptors (Lipinski definition) is 4. The van der Waals surface area contributed by atoms with Crippen LogP contribution in [0.5, 0.6) is 11.5 Å². The fourth-order valence-electron chi connectivity index (χ4n) is 2.00. The van der Waals surface area contributed by atoms with Crippen LogP contribution in [0.1, 0.15) is 29.6 Å². The molecule has 1 amide bonds. The molecule has 4 N–H and O–H groups in total. The monoisotopic (exact) mass is 265 g/mol. The SMILES string of the molecule is O=C(O)CC(NC(=O)c1cc(O)cc(O)c1)C1CC1. The summed E-state index contributed by atoms with van der Waals surface area (Å²) in [5, 5.41) is 30.1. The number of phenolic OH excluding ortho intramolecular Hbond substituents is 2. The summed E-state index contributed by atoms with van der Waals surface area (Å²) in [4.78, 5) is 22.7. The first-order valence-electron chi connectivity index (χ1n) is 6.01. The Morgan fingerprint density at radius 3 is 2.26 bits per heavy atom. The number of carboxylic acid groups (broad SMARTS) is 1. The van der Waals surface area contributed by atoms with Gasteiger partial charge in [-0.15, -0.1) is 0 Å². The van der Waals surface area contributed by atoms with Gasteiger partial charge in [-0.05, 0) is 30.9 Å². The first-order chi connectivity index (χ1) is 8.95. The number of hydrogen-bond donors (Lipinski definition) is 4. The van der Waals surface area contributed by atoms with E-state index in [1.807, 2.05) is 0 Å². The summed E-state index contributed by atoms with van der Waals surface area (Å²) in [5.41, 5.74) is 0.105. The van der Waals surface area contributed by atoms with Gasteiger partial charge in [0.1, 0.15) is 11.5 Å². The molecule has 6 nitrogen and oxygen atoms in total. The Morgan fingerprint density at radius 2 is 1.79 bits per heavy atom. The lowest BCUT2D eigenvalue weighted by Gasteiger charge is -2.16. The van der Waals surface area contributed by atoms with Crippen LogP contribution in [-0.4, -0.2) is 33.2 Å². The Labute approximate surface area is 109 Å². The summed E-state index contributed by atoms with van der Waals surface area (Å²) in [6, 6.07) is 3.15. The minimum absolute atomic E-state index is 0.105. The first kappa shape index (κ1) is 13.2. The van der Waals surface area contributed by atoms with E-state index >= 15 is 0 Å². The fraction of sp³-hybridized carbons (Fsp3) is 0.385. The van der Waals surface area contributed by atoms with Crippen molar-refractivity contribution in [3.05, 3.63) is 23.8 Å². The van der Waals surface area contributed by atoms with Gasteiger partial charge in [0.05, 0.1) is 6.42 Å². The van der Waals surface area contributed by atoms with Crippen LogP contribution in [0.2, 0.25) is 0 Å². The quantitative estimate of drug-likeness (QED) is 0.637. The lowest BCUT2D eigenvalue weighted by Crippen LogP contribution is -2.38. The summed E-state index contributed by atoms with van der Waals surface area (Å²) in [5.74, 6) is -1.69. The highest BCUT2D eigenvalue weighted by atomic mass is 16.4. The van der Waals surface area contributed by atoms with Crippen molar-refractivity contribution in [2.45, 2.75) is 25.3 Å². The van der Waals surface area contributed by atoms with E-state index in [2.05, 4.69) is 5.32 Å². The van der Waals surface area contributed by atoms with Crippen molar-refractivity contribution in [3.8, 4) is 11.5 Å². The number of carboxylic acids is 1. The molecular weight excluding hydrogens is 250 g/mol. The summed E-state index contributed by atoms with van der Waals surface area (Å²) in [6.07, 6.45) is 1.69. The van der Waals surface area contributed by atoms with E-state index in [9.17, 15) is 19.8 Å². The smallest absolute Gasteiger partial charge is 0.305 e. The number of nitrogens with one attached hydrogen (secondary N) is 1. The average Bonchev–Trinajstić information content (AvgIpc) is 3.09. The summed E-state index contributed by atoms with van der Waals surface area (Å²) in [7, 11) is 0. The van der Waals surface area contributed by atoms with Crippen molar-refractivity contribution >= 4 is 11.9 Å². The van der Waals surface area contributed by atoms with E-state index in [0.29, 0.717) is 0 Å². The maximum Gasteiger partial charge on any atom is 0.305 e. The average molecular weight is 265 g/mol. The Balaban J connectivity index is 2.07. The third kappa shape index (κ3) is 3.61. The number of aliphatic carboxylic acids is 1. The maximum absolute atomic E-state index is 11.9. The van der Waals surface area contributed by atoms with Gasteiger partial charge >= 0.3 is 5.97 Å². The van der Waals surface area contributed by atoms with Crippen LogP contribution in [-0.2, 0) is 4.79 Å². The minimum atomic E-state index is -0.962. The van der Waals surface area contributed by atoms with Gasteiger partial charge in [-0.1, -0.05) is 0 Å². The molecule has 1 saturated carbocycles. The van der Waals surface area contributed by atoms with Crippen LogP contribution in [0.4, 0.5) is 0 Å². The fourth-order valence-corrected chi connectivity index (χ4v) is 2.00. The molecule has 102 valence electrons. The molecule has 6 heteroatoms. The van der Waals surface area contributed by atoms with Crippen molar-refractivity contribution in [1.29, 1.82) is 0 Å². The third-order valence-corrected chi connectivity index (χ3v) is 3.07. The predicted molar refractivity (Wildman–Crippen MR) is 66.0 cm³/mol. The predicted octanol–water partition coefficient (Wildman–Crippen LogP) is 1.08. The van der Waals surface area contributed by atoms with Crippen LogP contribution in [0.3, 0.4) is 0 Å². The van der Waals surface area contributed by atoms with Gasteiger partial charge in [-0.25, -0.2) is 0 Å². The number of amides is 1. The zero-order valence-electron chi connectivity index (χ0n) is 10.2. The summed E-state index contributed by atoms with van der Waals surface area (Å²) in [6.45, 7) is 0. The van der Waals surface area contributed by atoms with Gasteiger partial charge < -0.3 is 20.6 Å². The van der Waals surface area contributed by atoms with Crippen molar-refractivity contribution in [2.75, 3.05) is 0 Å². The number of benzene rings is 1. The molecule has 1 aliphatic rings. The molecule has 0 spiro atoms. The highest BCUT2D eigenvalue weighted by molar-refractivity contribution is 5.95. The zero-order valence-corrected chi connectivity index (χ0v) is 10.2. The van der Waals surface area contributed by atoms with Crippen molar-refractivity contribution < 1.29 is 24.9 Å². The van der Waals surface area contributed by atoms with Gasteiger partial charge in [0.15, 0.2) is 0 Å². The lowest BCUT2D eigenvalue weighted by molar-refractivity contribution is -0.137. The first-order valence-corrected chi connectivity index (χ1v) is 6.01. The van der Waals surface area contributed by atoms with Gasteiger partial charge in [0.25, 0.3) is 5.91 Å². The zero-order chi connectivity index (χ0) is 14.0. The maximum atomic E-state index is 11.9. The Morgan fingerprint density at radius 1 is 1.21 bits per heavy atom. The molecule has 0 saturated heterocycles. The molecule has 0 aromatic heterocycles. The second kappa shape index (κ2) is 5.17. The minimum Gasteiger partial charge on any atom is -0.508 e. The molecule has 0 bridgehead atoms. The normalized spacial score (nSPS) is 15.8. The van der Waals surface area contributed by atoms with Crippen LogP contribution in [0.15, 0.2) is 18.2 Å². The van der Waals surface area contributed by atoms with Crippen molar-refractivity contribution in [3.63, 3.8) is 0 Å². The second-order valence-electron chi connectivity index (χ2n) is 4.75. The van der Waals surface area contributed by atoms with E-state index in [1.165, 1.54) is 12.1 Å². The molecular formula is C13H15NO5. The molecule has 1 fully saturated rings. The van der Waals surface area contributed by atoms with Crippen molar-refractivity contribution in [1.82, 2.24) is 5.32 Å². The molecule has 1 aromatic carbocycles. The number of rotatable bonds is 5. The number of phenols is 2. The molecule has 1 aliphatic carbocycles. The molecule has 19 heavy (non-hydrogen) atoms. The Bertz CT molecular complexity index is 490. The standard InChI is InChI=1S/C13H15NO5/c15-9-3-8(4-10(16)5-9)13(19)14-11(6-12(17)18)7-1-2-7/h3-5,7,11,15-16H,1-2,6H2,(H,14,19)(H,17,18). The summed E-state index contributed by atoms with van der Waals surface area (Å²) >= 11 is 0. The van der Waals surface area contributed by atoms with Crippen LogP contribution < -0.4 is 5.32 Å². The van der Waals surface area contributed by atoms with Gasteiger partial charge in [-0.2, -0.15) is 0 Å². The highest BCUT2D eigenvalue weighted by Gasteiger charge is 2.33. The van der Waals surface area contributed by atoms with Gasteiger partial charge in [0, 0.05) is 17.7 Å². The van der Waals surface area contributed by atoms with Crippen LogP contribution in [0.25, 0.3) is 0 Å². The van der Waals surface area contributed by atoms with Gasteiger partial charge in [-0.3, -0.25) is 9.59 Å². The van der Waals surface area contributed by atoms with E-state index in [-0.39, 0.29) is 29.4 Å². The molecule has 2 rings (SSSR count). The van der Waals surface area contributed by atoms with Gasteiger partial charge in [0.2, 0.25) is 0 Å². The molecule has 1 atom stereocenters. The van der Waals surface area contributed by atoms with Crippen LogP contribution >= 0.6 is 0 Å². The summed E-state index contributed by atoms with van der Waals surface area (Å²) < 4.78 is 0. The number of carbonyl (C=O) groups is 2. The van der Waals surface area contributed by atoms with E-state index in [1.54, 1.807) is 0 Å². The highest BCUT2D eigenvalue weighted by Crippen LogP contribution is 2.34. The third-order valence-electron chi connectivity index (χ3n) is 3.07. The second-order valence-corrected chi connectivity index (χ2v) is 4.75. The van der Waals surface area contributed by atoms with E-state index in [0.717, 1.165) is 18.9 Å². The molecule has 0 aliphatic heterocycles. The molecule has 1 unspecified atom stereocenters. The molecule has 1 aromatic rings. The van der Waals surface area contributed by atoms with E-state index in [4.69, 9.17) is 5.11 Å². The number of carbonyl (C=O) groups excluding carboxylic acids is 1.